The van der Waals surface area contributed by atoms with Gasteiger partial charge in [0.25, 0.3) is 0 Å². The third-order valence-electron chi connectivity index (χ3n) is 2.39. The van der Waals surface area contributed by atoms with E-state index in [-0.39, 0.29) is 6.61 Å². The maximum absolute atomic E-state index is 11.4. The molecule has 0 unspecified atom stereocenters. The van der Waals surface area contributed by atoms with Crippen LogP contribution in [0.25, 0.3) is 0 Å². The molecule has 3 N–H and O–H groups in total. The molecule has 0 bridgehead atoms. The lowest BCUT2D eigenvalue weighted by Gasteiger charge is -2.12. The molecule has 0 aromatic heterocycles. The molecular formula is C11H15N5O2. The Morgan fingerprint density at radius 2 is 2.22 bits per heavy atom. The first-order valence-electron chi connectivity index (χ1n) is 5.51. The van der Waals surface area contributed by atoms with E-state index in [1.165, 1.54) is 0 Å². The molecule has 0 atom stereocenters. The zero-order valence-corrected chi connectivity index (χ0v) is 10.0. The molecule has 0 aliphatic carbocycles. The van der Waals surface area contributed by atoms with E-state index < -0.39 is 6.09 Å². The third-order valence-corrected chi connectivity index (χ3v) is 2.39. The van der Waals surface area contributed by atoms with Gasteiger partial charge in [-0.3, -0.25) is 5.01 Å². The van der Waals surface area contributed by atoms with E-state index in [9.17, 15) is 4.79 Å². The van der Waals surface area contributed by atoms with Crippen LogP contribution in [0.1, 0.15) is 5.56 Å². The van der Waals surface area contributed by atoms with E-state index in [0.717, 1.165) is 5.56 Å². The predicted octanol–water partition coefficient (Wildman–Crippen LogP) is 0.181. The Morgan fingerprint density at radius 1 is 1.44 bits per heavy atom. The first-order chi connectivity index (χ1) is 8.75. The van der Waals surface area contributed by atoms with Crippen molar-refractivity contribution in [3.05, 3.63) is 35.9 Å². The Bertz CT molecular complexity index is 434. The topological polar surface area (TPSA) is 78.0 Å². The fraction of sp³-hybridized carbons (Fsp3) is 0.273. The molecule has 18 heavy (non-hydrogen) atoms. The number of benzene rings is 1. The fourth-order valence-corrected chi connectivity index (χ4v) is 1.39. The number of rotatable bonds is 4. The van der Waals surface area contributed by atoms with Gasteiger partial charge in [0.15, 0.2) is 5.84 Å². The number of likely N-dealkylation sites (N-methyl/N-ethyl adjacent to an activating group) is 1. The van der Waals surface area contributed by atoms with E-state index in [4.69, 9.17) is 4.74 Å². The van der Waals surface area contributed by atoms with Crippen LogP contribution in [0.2, 0.25) is 0 Å². The maximum atomic E-state index is 11.4. The van der Waals surface area contributed by atoms with Gasteiger partial charge in [-0.2, -0.15) is 0 Å². The molecule has 96 valence electrons. The number of carbonyl (C=O) groups is 1. The number of ether oxygens (including phenoxy) is 1. The molecule has 1 aromatic carbocycles. The number of nitrogens with zero attached hydrogens (tertiary/aromatic N) is 2. The summed E-state index contributed by atoms with van der Waals surface area (Å²) in [6, 6.07) is 9.51. The van der Waals surface area contributed by atoms with Gasteiger partial charge in [-0.25, -0.2) is 10.3 Å². The van der Waals surface area contributed by atoms with E-state index in [2.05, 4.69) is 21.5 Å². The third kappa shape index (κ3) is 3.36. The number of amidine groups is 1. The van der Waals surface area contributed by atoms with E-state index >= 15 is 0 Å². The minimum absolute atomic E-state index is 0.255. The summed E-state index contributed by atoms with van der Waals surface area (Å²) in [7, 11) is 1.79. The average molecular weight is 249 g/mol. The highest BCUT2D eigenvalue weighted by Gasteiger charge is 2.13. The van der Waals surface area contributed by atoms with Crippen LogP contribution in [0.3, 0.4) is 0 Å². The normalized spacial score (nSPS) is 13.8. The average Bonchev–Trinajstić information content (AvgIpc) is 2.81. The lowest BCUT2D eigenvalue weighted by molar-refractivity contribution is 0.141. The molecule has 1 amide bonds. The molecular weight excluding hydrogens is 234 g/mol. The minimum Gasteiger partial charge on any atom is -0.445 e. The molecule has 1 aromatic rings. The molecule has 1 aliphatic rings. The monoisotopic (exact) mass is 249 g/mol. The molecule has 0 spiro atoms. The standard InChI is InChI=1S/C11H15N5O2/c1-16-10(13-14-15-16)7-12-11(17)18-8-9-5-3-2-4-6-9/h2-6,14-15H,7-8H2,1H3,(H,12,17). The van der Waals surface area contributed by atoms with Crippen LogP contribution >= 0.6 is 0 Å². The number of alkyl carbamates (subject to hydrolysis) is 1. The summed E-state index contributed by atoms with van der Waals surface area (Å²) in [6.07, 6.45) is -0.471. The van der Waals surface area contributed by atoms with Gasteiger partial charge in [-0.1, -0.05) is 30.3 Å². The number of carbonyl (C=O) groups excluding carboxylic acids is 1. The maximum Gasteiger partial charge on any atom is 0.407 e. The van der Waals surface area contributed by atoms with Crippen LogP contribution in [0, 0.1) is 0 Å². The van der Waals surface area contributed by atoms with Gasteiger partial charge >= 0.3 is 6.09 Å². The largest absolute Gasteiger partial charge is 0.445 e. The van der Waals surface area contributed by atoms with Gasteiger partial charge in [0.2, 0.25) is 0 Å². The highest BCUT2D eigenvalue weighted by atomic mass is 16.5. The second-order valence-corrected chi connectivity index (χ2v) is 3.73. The Balaban J connectivity index is 1.70. The van der Waals surface area contributed by atoms with Crippen LogP contribution in [0.5, 0.6) is 0 Å². The van der Waals surface area contributed by atoms with Crippen molar-refractivity contribution in [2.45, 2.75) is 6.61 Å². The molecule has 7 nitrogen and oxygen atoms in total. The molecule has 1 aliphatic heterocycles. The smallest absolute Gasteiger partial charge is 0.407 e. The first kappa shape index (κ1) is 12.2. The van der Waals surface area contributed by atoms with Crippen molar-refractivity contribution in [3.63, 3.8) is 0 Å². The van der Waals surface area contributed by atoms with Crippen molar-refractivity contribution in [1.82, 2.24) is 21.4 Å². The van der Waals surface area contributed by atoms with Gasteiger partial charge in [0.1, 0.15) is 6.61 Å². The van der Waals surface area contributed by atoms with E-state index in [1.54, 1.807) is 12.1 Å². The Hall–Kier alpha value is -2.28. The summed E-state index contributed by atoms with van der Waals surface area (Å²) in [4.78, 5) is 11.4. The predicted molar refractivity (Wildman–Crippen MR) is 66.1 cm³/mol. The summed E-state index contributed by atoms with van der Waals surface area (Å²) in [6.45, 7) is 0.551. The Morgan fingerprint density at radius 3 is 2.89 bits per heavy atom. The van der Waals surface area contributed by atoms with Gasteiger partial charge in [0, 0.05) is 7.05 Å². The van der Waals surface area contributed by atoms with Crippen molar-refractivity contribution in [2.24, 2.45) is 5.10 Å². The second kappa shape index (κ2) is 5.87. The van der Waals surface area contributed by atoms with Crippen LogP contribution < -0.4 is 16.4 Å². The van der Waals surface area contributed by atoms with Gasteiger partial charge in [-0.15, -0.1) is 10.6 Å². The van der Waals surface area contributed by atoms with E-state index in [1.807, 2.05) is 30.3 Å². The number of hydrazone groups is 1. The van der Waals surface area contributed by atoms with Crippen LogP contribution in [-0.4, -0.2) is 30.5 Å². The molecule has 2 rings (SSSR count). The van der Waals surface area contributed by atoms with Gasteiger partial charge in [-0.05, 0) is 5.56 Å². The second-order valence-electron chi connectivity index (χ2n) is 3.73. The van der Waals surface area contributed by atoms with Gasteiger partial charge < -0.3 is 10.1 Å². The summed E-state index contributed by atoms with van der Waals surface area (Å²) in [5.41, 5.74) is 6.26. The Labute approximate surface area is 105 Å². The highest BCUT2D eigenvalue weighted by Crippen LogP contribution is 2.00. The summed E-state index contributed by atoms with van der Waals surface area (Å²) < 4.78 is 5.06. The highest BCUT2D eigenvalue weighted by molar-refractivity contribution is 5.86. The number of hydrogen-bond donors (Lipinski definition) is 3. The first-order valence-corrected chi connectivity index (χ1v) is 5.51. The van der Waals surface area contributed by atoms with Crippen LogP contribution in [0.15, 0.2) is 35.4 Å². The molecule has 1 heterocycles. The summed E-state index contributed by atoms with van der Waals surface area (Å²) in [5.74, 6) is 0.673. The Kier molecular flexibility index (Phi) is 3.98. The number of hydrogen-bond acceptors (Lipinski definition) is 6. The number of hydrazine groups is 2. The molecule has 0 radical (unpaired) electrons. The molecule has 0 saturated heterocycles. The van der Waals surface area contributed by atoms with Crippen LogP contribution in [-0.2, 0) is 11.3 Å². The van der Waals surface area contributed by atoms with Crippen molar-refractivity contribution in [3.8, 4) is 0 Å². The quantitative estimate of drug-likeness (QED) is 0.709. The van der Waals surface area contributed by atoms with Crippen molar-refractivity contribution in [2.75, 3.05) is 13.6 Å². The zero-order chi connectivity index (χ0) is 12.8. The van der Waals surface area contributed by atoms with Crippen LogP contribution in [0.4, 0.5) is 4.79 Å². The number of nitrogens with one attached hydrogen (secondary N) is 3. The van der Waals surface area contributed by atoms with Crippen molar-refractivity contribution >= 4 is 11.9 Å². The van der Waals surface area contributed by atoms with E-state index in [0.29, 0.717) is 12.4 Å². The number of amides is 1. The summed E-state index contributed by atoms with van der Waals surface area (Å²) >= 11 is 0. The van der Waals surface area contributed by atoms with Crippen molar-refractivity contribution in [1.29, 1.82) is 0 Å². The zero-order valence-electron chi connectivity index (χ0n) is 10.0. The lowest BCUT2D eigenvalue weighted by Crippen LogP contribution is -2.42. The fourth-order valence-electron chi connectivity index (χ4n) is 1.39. The van der Waals surface area contributed by atoms with Crippen molar-refractivity contribution < 1.29 is 9.53 Å². The van der Waals surface area contributed by atoms with Gasteiger partial charge in [0.05, 0.1) is 6.54 Å². The lowest BCUT2D eigenvalue weighted by atomic mass is 10.2. The minimum atomic E-state index is -0.471. The SMILES string of the molecule is CN1NNN=C1CNC(=O)OCc1ccccc1. The molecule has 0 saturated carbocycles. The molecule has 0 fully saturated rings. The summed E-state index contributed by atoms with van der Waals surface area (Å²) in [5, 5.41) is 8.19. The molecule has 7 heteroatoms.